The van der Waals surface area contributed by atoms with Gasteiger partial charge in [0.1, 0.15) is 9.96 Å². The molecule has 2 aromatic heterocycles. The number of sulfonamides is 1. The number of carbonyl (C=O) groups is 1. The van der Waals surface area contributed by atoms with Crippen LogP contribution in [-0.4, -0.2) is 36.7 Å². The Morgan fingerprint density at radius 1 is 1.10 bits per heavy atom. The molecule has 7 nitrogen and oxygen atoms in total. The van der Waals surface area contributed by atoms with E-state index in [2.05, 4.69) is 10.3 Å². The number of pyridine rings is 1. The lowest BCUT2D eigenvalue weighted by molar-refractivity contribution is -0.115. The smallest absolute Gasteiger partial charge is 0.252 e. The van der Waals surface area contributed by atoms with Gasteiger partial charge >= 0.3 is 0 Å². The highest BCUT2D eigenvalue weighted by Gasteiger charge is 2.28. The summed E-state index contributed by atoms with van der Waals surface area (Å²) in [6, 6.07) is 13.5. The Labute approximate surface area is 189 Å². The van der Waals surface area contributed by atoms with Crippen molar-refractivity contribution in [2.24, 2.45) is 0 Å². The van der Waals surface area contributed by atoms with Crippen molar-refractivity contribution in [3.05, 3.63) is 64.6 Å². The van der Waals surface area contributed by atoms with Crippen LogP contribution in [0, 0.1) is 0 Å². The Bertz CT molecular complexity index is 1160. The van der Waals surface area contributed by atoms with E-state index < -0.39 is 10.0 Å². The minimum absolute atomic E-state index is 0.0865. The van der Waals surface area contributed by atoms with Gasteiger partial charge in [-0.3, -0.25) is 4.79 Å². The molecule has 4 rings (SSSR count). The Balaban J connectivity index is 1.33. The van der Waals surface area contributed by atoms with Crippen LogP contribution in [0.1, 0.15) is 17.7 Å². The van der Waals surface area contributed by atoms with Crippen molar-refractivity contribution in [3.8, 4) is 11.6 Å². The average Bonchev–Trinajstić information content (AvgIpc) is 3.44. The van der Waals surface area contributed by atoms with E-state index >= 15 is 0 Å². The molecule has 1 amide bonds. The lowest BCUT2D eigenvalue weighted by Gasteiger charge is -2.13. The predicted octanol–water partition coefficient (Wildman–Crippen LogP) is 4.55. The summed E-state index contributed by atoms with van der Waals surface area (Å²) in [5, 5.41) is 3.38. The van der Waals surface area contributed by atoms with Crippen LogP contribution in [0.15, 0.2) is 58.9 Å². The summed E-state index contributed by atoms with van der Waals surface area (Å²) >= 11 is 6.99. The quantitative estimate of drug-likeness (QED) is 0.539. The zero-order valence-electron chi connectivity index (χ0n) is 16.5. The van der Waals surface area contributed by atoms with E-state index in [1.54, 1.807) is 48.5 Å². The second-order valence-corrected chi connectivity index (χ2v) is 10.8. The van der Waals surface area contributed by atoms with Crippen LogP contribution >= 0.6 is 22.9 Å². The average molecular weight is 478 g/mol. The number of rotatable bonds is 7. The molecule has 0 bridgehead atoms. The van der Waals surface area contributed by atoms with Crippen LogP contribution in [-0.2, 0) is 21.2 Å². The summed E-state index contributed by atoms with van der Waals surface area (Å²) in [5.41, 5.74) is 0.523. The number of amides is 1. The van der Waals surface area contributed by atoms with E-state index in [-0.39, 0.29) is 16.5 Å². The number of hydrogen-bond donors (Lipinski definition) is 1. The van der Waals surface area contributed by atoms with Crippen molar-refractivity contribution in [1.29, 1.82) is 0 Å². The van der Waals surface area contributed by atoms with Gasteiger partial charge in [-0.25, -0.2) is 13.4 Å². The van der Waals surface area contributed by atoms with Gasteiger partial charge in [-0.1, -0.05) is 11.6 Å². The molecule has 0 unspecified atom stereocenters. The van der Waals surface area contributed by atoms with Gasteiger partial charge in [0, 0.05) is 29.1 Å². The Morgan fingerprint density at radius 3 is 2.52 bits per heavy atom. The predicted molar refractivity (Wildman–Crippen MR) is 120 cm³/mol. The molecule has 0 radical (unpaired) electrons. The molecular weight excluding hydrogens is 458 g/mol. The van der Waals surface area contributed by atoms with Crippen LogP contribution in [0.25, 0.3) is 0 Å². The monoisotopic (exact) mass is 477 g/mol. The highest BCUT2D eigenvalue weighted by Crippen LogP contribution is 2.28. The third-order valence-electron chi connectivity index (χ3n) is 4.69. The molecule has 31 heavy (non-hydrogen) atoms. The van der Waals surface area contributed by atoms with Crippen molar-refractivity contribution in [1.82, 2.24) is 9.29 Å². The van der Waals surface area contributed by atoms with Gasteiger partial charge < -0.3 is 10.1 Å². The Kier molecular flexibility index (Phi) is 6.57. The zero-order valence-corrected chi connectivity index (χ0v) is 18.8. The first-order chi connectivity index (χ1) is 14.9. The maximum Gasteiger partial charge on any atom is 0.252 e. The third kappa shape index (κ3) is 5.43. The Hall–Kier alpha value is -2.46. The van der Waals surface area contributed by atoms with Crippen molar-refractivity contribution < 1.29 is 17.9 Å². The van der Waals surface area contributed by atoms with E-state index in [1.807, 2.05) is 0 Å². The highest BCUT2D eigenvalue weighted by molar-refractivity contribution is 7.91. The summed E-state index contributed by atoms with van der Waals surface area (Å²) in [6.45, 7) is 1.11. The number of thiophene rings is 1. The number of nitrogens with one attached hydrogen (secondary N) is 1. The molecule has 1 aliphatic rings. The van der Waals surface area contributed by atoms with E-state index in [0.717, 1.165) is 24.2 Å². The second kappa shape index (κ2) is 9.35. The van der Waals surface area contributed by atoms with Gasteiger partial charge in [0.2, 0.25) is 11.8 Å². The molecule has 10 heteroatoms. The first-order valence-electron chi connectivity index (χ1n) is 9.68. The maximum atomic E-state index is 12.6. The molecule has 0 atom stereocenters. The molecule has 1 aliphatic heterocycles. The molecule has 1 fully saturated rings. The fourth-order valence-corrected chi connectivity index (χ4v) is 6.30. The topological polar surface area (TPSA) is 88.6 Å². The van der Waals surface area contributed by atoms with Crippen LogP contribution in [0.2, 0.25) is 5.02 Å². The minimum Gasteiger partial charge on any atom is -0.439 e. The molecule has 3 aromatic rings. The SMILES string of the molecule is O=C(Cc1ccc(S(=O)(=O)N2CCCC2)s1)Nc1ccc(Oc2ccc(Cl)cc2)nc1. The summed E-state index contributed by atoms with van der Waals surface area (Å²) in [5.74, 6) is 0.738. The number of hydrogen-bond acceptors (Lipinski definition) is 6. The molecule has 0 aliphatic carbocycles. The standard InChI is InChI=1S/C21H20ClN3O4S2/c22-15-3-6-17(7-4-15)29-20-9-5-16(14-23-20)24-19(26)13-18-8-10-21(30-18)31(27,28)25-11-1-2-12-25/h3-10,14H,1-2,11-13H2,(H,24,26). The summed E-state index contributed by atoms with van der Waals surface area (Å²) < 4.78 is 32.6. The van der Waals surface area contributed by atoms with Crippen LogP contribution in [0.5, 0.6) is 11.6 Å². The largest absolute Gasteiger partial charge is 0.439 e. The molecule has 1 aromatic carbocycles. The highest BCUT2D eigenvalue weighted by atomic mass is 35.5. The van der Waals surface area contributed by atoms with Gasteiger partial charge in [0.15, 0.2) is 0 Å². The molecule has 0 spiro atoms. The van der Waals surface area contributed by atoms with Crippen molar-refractivity contribution in [2.75, 3.05) is 18.4 Å². The van der Waals surface area contributed by atoms with E-state index in [4.69, 9.17) is 16.3 Å². The fraction of sp³-hybridized carbons (Fsp3) is 0.238. The normalized spacial score (nSPS) is 14.5. The molecule has 1 N–H and O–H groups in total. The summed E-state index contributed by atoms with van der Waals surface area (Å²) in [4.78, 5) is 17.2. The summed E-state index contributed by atoms with van der Waals surface area (Å²) in [6.07, 6.45) is 3.36. The number of anilines is 1. The van der Waals surface area contributed by atoms with E-state index in [9.17, 15) is 13.2 Å². The van der Waals surface area contributed by atoms with Crippen molar-refractivity contribution >= 4 is 44.6 Å². The number of carbonyl (C=O) groups excluding carboxylic acids is 1. The van der Waals surface area contributed by atoms with Crippen molar-refractivity contribution in [2.45, 2.75) is 23.5 Å². The molecule has 162 valence electrons. The first kappa shape index (κ1) is 21.8. The second-order valence-electron chi connectivity index (χ2n) is 7.00. The number of halogens is 1. The minimum atomic E-state index is -3.46. The lowest BCUT2D eigenvalue weighted by atomic mass is 10.3. The van der Waals surface area contributed by atoms with Gasteiger partial charge in [0.25, 0.3) is 10.0 Å². The van der Waals surface area contributed by atoms with E-state index in [0.29, 0.717) is 40.3 Å². The number of benzene rings is 1. The fourth-order valence-electron chi connectivity index (χ4n) is 3.15. The van der Waals surface area contributed by atoms with Crippen LogP contribution < -0.4 is 10.1 Å². The number of ether oxygens (including phenoxy) is 1. The zero-order chi connectivity index (χ0) is 21.8. The maximum absolute atomic E-state index is 12.6. The van der Waals surface area contributed by atoms with Crippen LogP contribution in [0.4, 0.5) is 5.69 Å². The Morgan fingerprint density at radius 2 is 1.84 bits per heavy atom. The van der Waals surface area contributed by atoms with Crippen LogP contribution in [0.3, 0.4) is 0 Å². The third-order valence-corrected chi connectivity index (χ3v) is 8.39. The van der Waals surface area contributed by atoms with Gasteiger partial charge in [-0.05, 0) is 55.3 Å². The van der Waals surface area contributed by atoms with Crippen molar-refractivity contribution in [3.63, 3.8) is 0 Å². The lowest BCUT2D eigenvalue weighted by Crippen LogP contribution is -2.27. The molecule has 1 saturated heterocycles. The van der Waals surface area contributed by atoms with Gasteiger partial charge in [-0.2, -0.15) is 4.31 Å². The molecule has 3 heterocycles. The molecule has 0 saturated carbocycles. The van der Waals surface area contributed by atoms with Gasteiger partial charge in [-0.15, -0.1) is 11.3 Å². The summed E-state index contributed by atoms with van der Waals surface area (Å²) in [7, 11) is -3.46. The molecular formula is C21H20ClN3O4S2. The number of nitrogens with zero attached hydrogens (tertiary/aromatic N) is 2. The number of aromatic nitrogens is 1. The van der Waals surface area contributed by atoms with E-state index in [1.165, 1.54) is 10.5 Å². The first-order valence-corrected chi connectivity index (χ1v) is 12.3. The van der Waals surface area contributed by atoms with Gasteiger partial charge in [0.05, 0.1) is 18.3 Å².